The Morgan fingerprint density at radius 1 is 0.581 bits per heavy atom. The van der Waals surface area contributed by atoms with Crippen molar-refractivity contribution in [2.75, 3.05) is 100 Å². The van der Waals surface area contributed by atoms with Crippen LogP contribution in [0.5, 0.6) is 0 Å². The maximum atomic E-state index is 5.66. The normalized spacial score (nSPS) is 13.5. The number of hydrogen-bond acceptors (Lipinski definition) is 8. The van der Waals surface area contributed by atoms with E-state index in [-0.39, 0.29) is 50.5 Å². The first-order valence-electron chi connectivity index (χ1n) is 8.85. The third-order valence-corrected chi connectivity index (χ3v) is 3.37. The van der Waals surface area contributed by atoms with Crippen molar-refractivity contribution in [2.24, 2.45) is 5.92 Å². The lowest BCUT2D eigenvalue weighted by Gasteiger charge is -2.17. The quantitative estimate of drug-likeness (QED) is 0.197. The van der Waals surface area contributed by atoms with E-state index in [4.69, 9.17) is 37.9 Å². The van der Waals surface area contributed by atoms with Crippen molar-refractivity contribution in [3.8, 4) is 0 Å². The van der Waals surface area contributed by atoms with Crippen LogP contribution in [0.15, 0.2) is 0 Å². The third-order valence-electron chi connectivity index (χ3n) is 3.37. The van der Waals surface area contributed by atoms with Crippen LogP contribution in [-0.4, -0.2) is 106 Å². The maximum absolute atomic E-state index is 5.66. The highest BCUT2D eigenvalue weighted by molar-refractivity contribution is 4.66. The summed E-state index contributed by atoms with van der Waals surface area (Å²) in [6.07, 6.45) is 0.303. The van der Waals surface area contributed by atoms with E-state index >= 15 is 0 Å². The Bertz CT molecular complexity index is 266. The van der Waals surface area contributed by atoms with Gasteiger partial charge < -0.3 is 37.9 Å². The maximum Gasteiger partial charge on any atom is 0.104 e. The van der Waals surface area contributed by atoms with Crippen molar-refractivity contribution in [3.05, 3.63) is 0 Å². The van der Waals surface area contributed by atoms with Gasteiger partial charge in [0.05, 0.1) is 85.9 Å². The van der Waals surface area contributed by atoms with Crippen LogP contribution >= 0.6 is 0 Å². The van der Waals surface area contributed by atoms with Crippen molar-refractivity contribution >= 4 is 0 Å². The van der Waals surface area contributed by atoms with Crippen LogP contribution in [0.1, 0.15) is 44.6 Å². The molecular weight excluding hydrogens is 404 g/mol. The van der Waals surface area contributed by atoms with Gasteiger partial charge in [-0.3, -0.25) is 0 Å². The van der Waals surface area contributed by atoms with Gasteiger partial charge in [0.2, 0.25) is 0 Å². The average molecular weight is 463 g/mol. The van der Waals surface area contributed by atoms with Gasteiger partial charge in [-0.15, -0.1) is 0 Å². The first-order chi connectivity index (χ1) is 12.4. The molecule has 0 aromatic heterocycles. The molecular formula is C23H58O8. The van der Waals surface area contributed by atoms with Crippen molar-refractivity contribution < 1.29 is 37.9 Å². The molecule has 1 unspecified atom stereocenters. The summed E-state index contributed by atoms with van der Waals surface area (Å²) in [6.45, 7) is 7.75. The van der Waals surface area contributed by atoms with Crippen molar-refractivity contribution in [3.63, 3.8) is 0 Å². The van der Waals surface area contributed by atoms with Crippen LogP contribution in [0.3, 0.4) is 0 Å². The van der Waals surface area contributed by atoms with Crippen LogP contribution in [-0.2, 0) is 37.9 Å². The Morgan fingerprint density at radius 3 is 1.32 bits per heavy atom. The van der Waals surface area contributed by atoms with Crippen LogP contribution in [0, 0.1) is 5.92 Å². The van der Waals surface area contributed by atoms with Gasteiger partial charge in [0.25, 0.3) is 0 Å². The molecule has 8 heteroatoms. The van der Waals surface area contributed by atoms with Crippen molar-refractivity contribution in [1.29, 1.82) is 0 Å². The molecule has 0 N–H and O–H groups in total. The average Bonchev–Trinajstić information content (AvgIpc) is 3.44. The largest absolute Gasteiger partial charge is 0.382 e. The molecule has 1 atom stereocenters. The Morgan fingerprint density at radius 2 is 0.935 bits per heavy atom. The van der Waals surface area contributed by atoms with Gasteiger partial charge in [-0.25, -0.2) is 0 Å². The van der Waals surface area contributed by atoms with Gasteiger partial charge in [-0.1, -0.05) is 44.6 Å². The van der Waals surface area contributed by atoms with E-state index in [0.29, 0.717) is 85.4 Å². The molecule has 8 nitrogen and oxygen atoms in total. The molecule has 31 heavy (non-hydrogen) atoms. The second-order valence-electron chi connectivity index (χ2n) is 5.72. The zero-order chi connectivity index (χ0) is 18.0. The molecule has 1 fully saturated rings. The zero-order valence-corrected chi connectivity index (χ0v) is 15.6. The summed E-state index contributed by atoms with van der Waals surface area (Å²) in [4.78, 5) is 0. The molecule has 0 amide bonds. The van der Waals surface area contributed by atoms with E-state index in [1.165, 1.54) is 0 Å². The fraction of sp³-hybridized carbons (Fsp3) is 1.00. The molecule has 1 heterocycles. The van der Waals surface area contributed by atoms with E-state index < -0.39 is 0 Å². The smallest absolute Gasteiger partial charge is 0.104 e. The number of rotatable bonds is 20. The summed E-state index contributed by atoms with van der Waals surface area (Å²) >= 11 is 0. The summed E-state index contributed by atoms with van der Waals surface area (Å²) < 4.78 is 42.6. The molecule has 0 saturated carbocycles. The molecule has 0 aliphatic carbocycles. The fourth-order valence-electron chi connectivity index (χ4n) is 1.90. The van der Waals surface area contributed by atoms with Crippen LogP contribution in [0.25, 0.3) is 0 Å². The highest BCUT2D eigenvalue weighted by Gasteiger charge is 2.21. The van der Waals surface area contributed by atoms with Gasteiger partial charge in [0, 0.05) is 20.1 Å². The van der Waals surface area contributed by atoms with Gasteiger partial charge in [0.1, 0.15) is 6.10 Å². The molecule has 1 aliphatic heterocycles. The first-order valence-corrected chi connectivity index (χ1v) is 8.85. The number of ether oxygens (including phenoxy) is 8. The Hall–Kier alpha value is -0.320. The highest BCUT2D eigenvalue weighted by atomic mass is 16.6. The number of methoxy groups -OCH3 is 2. The SMILES string of the molecule is C.C.C.C.C.C.COCCOCC(COCCOC)COCCOCCOCC1CO1. The molecule has 0 bridgehead atoms. The van der Waals surface area contributed by atoms with Crippen LogP contribution < -0.4 is 0 Å². The van der Waals surface area contributed by atoms with Gasteiger partial charge in [-0.2, -0.15) is 0 Å². The summed E-state index contributed by atoms with van der Waals surface area (Å²) in [5.41, 5.74) is 0. The van der Waals surface area contributed by atoms with Crippen LogP contribution in [0.2, 0.25) is 0 Å². The predicted octanol–water partition coefficient (Wildman–Crippen LogP) is 4.19. The van der Waals surface area contributed by atoms with E-state index in [1.54, 1.807) is 14.2 Å². The lowest BCUT2D eigenvalue weighted by Crippen LogP contribution is -2.24. The highest BCUT2D eigenvalue weighted by Crippen LogP contribution is 2.08. The molecule has 1 aliphatic rings. The van der Waals surface area contributed by atoms with E-state index in [1.807, 2.05) is 0 Å². The molecule has 0 radical (unpaired) electrons. The topological polar surface area (TPSA) is 77.1 Å². The molecule has 0 aromatic rings. The van der Waals surface area contributed by atoms with E-state index in [2.05, 4.69) is 0 Å². The second-order valence-corrected chi connectivity index (χ2v) is 5.72. The predicted molar refractivity (Wildman–Crippen MR) is 131 cm³/mol. The minimum Gasteiger partial charge on any atom is -0.382 e. The summed E-state index contributed by atoms with van der Waals surface area (Å²) in [7, 11) is 3.31. The van der Waals surface area contributed by atoms with Gasteiger partial charge in [-0.05, 0) is 0 Å². The molecule has 0 aromatic carbocycles. The molecule has 0 spiro atoms. The third kappa shape index (κ3) is 31.9. The summed E-state index contributed by atoms with van der Waals surface area (Å²) in [5, 5.41) is 0. The zero-order valence-electron chi connectivity index (χ0n) is 15.6. The Balaban J connectivity index is -0.000000260. The second kappa shape index (κ2) is 34.3. The minimum atomic E-state index is 0. The van der Waals surface area contributed by atoms with Crippen molar-refractivity contribution in [1.82, 2.24) is 0 Å². The molecule has 1 saturated heterocycles. The Kier molecular flexibility index (Phi) is 49.1. The first kappa shape index (κ1) is 44.4. The summed E-state index contributed by atoms with van der Waals surface area (Å²) in [5.74, 6) is 0.176. The van der Waals surface area contributed by atoms with Gasteiger partial charge in [0.15, 0.2) is 0 Å². The number of epoxide rings is 1. The monoisotopic (exact) mass is 462 g/mol. The standard InChI is InChI=1S/C17H34O8.6CH4/c1-18-3-5-21-11-16(12-22-6-4-19-2)13-23-9-7-20-8-10-24-14-17-15-25-17;;;;;;/h16-17H,3-15H2,1-2H3;6*1H4. The lowest BCUT2D eigenvalue weighted by atomic mass is 10.2. The van der Waals surface area contributed by atoms with E-state index in [0.717, 1.165) is 6.61 Å². The van der Waals surface area contributed by atoms with Gasteiger partial charge >= 0.3 is 0 Å². The fourth-order valence-corrected chi connectivity index (χ4v) is 1.90. The number of hydrogen-bond donors (Lipinski definition) is 0. The molecule has 1 rings (SSSR count). The lowest BCUT2D eigenvalue weighted by molar-refractivity contribution is -0.0359. The van der Waals surface area contributed by atoms with E-state index in [9.17, 15) is 0 Å². The van der Waals surface area contributed by atoms with Crippen molar-refractivity contribution in [2.45, 2.75) is 50.7 Å². The summed E-state index contributed by atoms with van der Waals surface area (Å²) in [6, 6.07) is 0. The molecule has 198 valence electrons. The Labute approximate surface area is 195 Å². The minimum absolute atomic E-state index is 0. The van der Waals surface area contributed by atoms with Crippen LogP contribution in [0.4, 0.5) is 0 Å².